The average molecular weight is 301 g/mol. The van der Waals surface area contributed by atoms with Crippen LogP contribution in [-0.2, 0) is 23.6 Å². The first-order valence-electron chi connectivity index (χ1n) is 7.36. The molecule has 0 aliphatic rings. The molecule has 116 valence electrons. The molecule has 0 saturated heterocycles. The van der Waals surface area contributed by atoms with E-state index in [1.54, 1.807) is 23.9 Å². The molecule has 1 heterocycles. The SMILES string of the molecule is CCCCCCCCNS(=O)(=O)c1cc(CN)n(C)c1. The van der Waals surface area contributed by atoms with Crippen LogP contribution in [0.5, 0.6) is 0 Å². The smallest absolute Gasteiger partial charge is 0.242 e. The van der Waals surface area contributed by atoms with E-state index in [2.05, 4.69) is 11.6 Å². The van der Waals surface area contributed by atoms with Gasteiger partial charge in [0.25, 0.3) is 0 Å². The number of nitrogens with one attached hydrogen (secondary N) is 1. The summed E-state index contributed by atoms with van der Waals surface area (Å²) < 4.78 is 28.6. The van der Waals surface area contributed by atoms with Crippen LogP contribution in [0.2, 0.25) is 0 Å². The average Bonchev–Trinajstić information content (AvgIpc) is 2.80. The number of sulfonamides is 1. The molecule has 0 radical (unpaired) electrons. The van der Waals surface area contributed by atoms with Crippen molar-refractivity contribution in [2.75, 3.05) is 6.54 Å². The summed E-state index contributed by atoms with van der Waals surface area (Å²) in [4.78, 5) is 0.298. The second-order valence-electron chi connectivity index (χ2n) is 5.15. The summed E-state index contributed by atoms with van der Waals surface area (Å²) in [5.41, 5.74) is 6.36. The Kier molecular flexibility index (Phi) is 7.26. The molecule has 6 heteroatoms. The minimum Gasteiger partial charge on any atom is -0.352 e. The van der Waals surface area contributed by atoms with Gasteiger partial charge in [-0.15, -0.1) is 0 Å². The number of hydrogen-bond acceptors (Lipinski definition) is 3. The lowest BCUT2D eigenvalue weighted by molar-refractivity contribution is 0.567. The number of unbranched alkanes of at least 4 members (excludes halogenated alkanes) is 5. The number of aromatic nitrogens is 1. The van der Waals surface area contributed by atoms with Crippen LogP contribution in [0.3, 0.4) is 0 Å². The molecule has 0 atom stereocenters. The van der Waals surface area contributed by atoms with Gasteiger partial charge >= 0.3 is 0 Å². The van der Waals surface area contributed by atoms with Gasteiger partial charge in [0, 0.05) is 32.0 Å². The van der Waals surface area contributed by atoms with Crippen molar-refractivity contribution in [3.05, 3.63) is 18.0 Å². The summed E-state index contributed by atoms with van der Waals surface area (Å²) in [6, 6.07) is 1.63. The molecule has 1 rings (SSSR count). The zero-order valence-electron chi connectivity index (χ0n) is 12.6. The zero-order valence-corrected chi connectivity index (χ0v) is 13.4. The third-order valence-electron chi connectivity index (χ3n) is 3.42. The number of nitrogens with zero attached hydrogens (tertiary/aromatic N) is 1. The Balaban J connectivity index is 2.38. The standard InChI is InChI=1S/C14H27N3O2S/c1-3-4-5-6-7-8-9-16-20(18,19)14-10-13(11-15)17(2)12-14/h10,12,16H,3-9,11,15H2,1-2H3. The highest BCUT2D eigenvalue weighted by Crippen LogP contribution is 2.13. The highest BCUT2D eigenvalue weighted by atomic mass is 32.2. The van der Waals surface area contributed by atoms with Gasteiger partial charge in [0.15, 0.2) is 0 Å². The first-order valence-corrected chi connectivity index (χ1v) is 8.84. The molecular weight excluding hydrogens is 274 g/mol. The van der Waals surface area contributed by atoms with Gasteiger partial charge < -0.3 is 10.3 Å². The van der Waals surface area contributed by atoms with E-state index < -0.39 is 10.0 Å². The Hall–Kier alpha value is -0.850. The summed E-state index contributed by atoms with van der Waals surface area (Å²) in [6.45, 7) is 3.02. The summed E-state index contributed by atoms with van der Waals surface area (Å²) in [5.74, 6) is 0. The highest BCUT2D eigenvalue weighted by molar-refractivity contribution is 7.89. The maximum Gasteiger partial charge on any atom is 0.242 e. The third kappa shape index (κ3) is 5.26. The van der Waals surface area contributed by atoms with Crippen molar-refractivity contribution in [1.82, 2.24) is 9.29 Å². The van der Waals surface area contributed by atoms with Crippen molar-refractivity contribution in [2.45, 2.75) is 56.9 Å². The lowest BCUT2D eigenvalue weighted by Gasteiger charge is -2.04. The molecule has 5 nitrogen and oxygen atoms in total. The van der Waals surface area contributed by atoms with Crippen LogP contribution in [0.25, 0.3) is 0 Å². The van der Waals surface area contributed by atoms with Crippen molar-refractivity contribution in [1.29, 1.82) is 0 Å². The quantitative estimate of drug-likeness (QED) is 0.650. The Morgan fingerprint density at radius 1 is 1.20 bits per heavy atom. The first kappa shape index (κ1) is 17.2. The molecule has 0 spiro atoms. The van der Waals surface area contributed by atoms with Crippen LogP contribution in [0.15, 0.2) is 17.2 Å². The van der Waals surface area contributed by atoms with Crippen molar-refractivity contribution in [3.8, 4) is 0 Å². The van der Waals surface area contributed by atoms with E-state index in [9.17, 15) is 8.42 Å². The predicted octanol–water partition coefficient (Wildman–Crippen LogP) is 2.12. The second kappa shape index (κ2) is 8.44. The molecule has 0 fully saturated rings. The molecule has 0 aliphatic heterocycles. The Labute approximate surface area is 122 Å². The molecule has 3 N–H and O–H groups in total. The molecule has 0 aliphatic carbocycles. The number of aryl methyl sites for hydroxylation is 1. The van der Waals surface area contributed by atoms with Gasteiger partial charge in [-0.2, -0.15) is 0 Å². The van der Waals surface area contributed by atoms with E-state index in [0.29, 0.717) is 18.0 Å². The predicted molar refractivity (Wildman–Crippen MR) is 81.9 cm³/mol. The van der Waals surface area contributed by atoms with E-state index in [0.717, 1.165) is 18.5 Å². The van der Waals surface area contributed by atoms with Crippen LogP contribution in [0, 0.1) is 0 Å². The zero-order chi connectivity index (χ0) is 15.0. The molecule has 1 aromatic rings. The number of hydrogen-bond donors (Lipinski definition) is 2. The summed E-state index contributed by atoms with van der Waals surface area (Å²) in [5, 5.41) is 0. The minimum absolute atomic E-state index is 0.298. The fourth-order valence-corrected chi connectivity index (χ4v) is 3.29. The lowest BCUT2D eigenvalue weighted by Crippen LogP contribution is -2.24. The fourth-order valence-electron chi connectivity index (χ4n) is 2.12. The van der Waals surface area contributed by atoms with Crippen LogP contribution in [0.4, 0.5) is 0 Å². The molecule has 0 saturated carbocycles. The monoisotopic (exact) mass is 301 g/mol. The van der Waals surface area contributed by atoms with Gasteiger partial charge in [0.2, 0.25) is 10.0 Å². The van der Waals surface area contributed by atoms with Crippen molar-refractivity contribution >= 4 is 10.0 Å². The molecule has 1 aromatic heterocycles. The normalized spacial score (nSPS) is 11.9. The lowest BCUT2D eigenvalue weighted by atomic mass is 10.1. The van der Waals surface area contributed by atoms with Crippen LogP contribution in [-0.4, -0.2) is 19.5 Å². The maximum absolute atomic E-state index is 12.1. The molecule has 0 unspecified atom stereocenters. The van der Waals surface area contributed by atoms with E-state index >= 15 is 0 Å². The second-order valence-corrected chi connectivity index (χ2v) is 6.91. The molecule has 0 aromatic carbocycles. The van der Waals surface area contributed by atoms with Gasteiger partial charge in [-0.3, -0.25) is 0 Å². The van der Waals surface area contributed by atoms with Crippen molar-refractivity contribution in [2.24, 2.45) is 12.8 Å². The van der Waals surface area contributed by atoms with E-state index in [-0.39, 0.29) is 0 Å². The van der Waals surface area contributed by atoms with E-state index in [1.165, 1.54) is 25.7 Å². The molecule has 20 heavy (non-hydrogen) atoms. The summed E-state index contributed by atoms with van der Waals surface area (Å²) in [6.07, 6.45) is 8.47. The van der Waals surface area contributed by atoms with Crippen molar-refractivity contribution in [3.63, 3.8) is 0 Å². The Bertz CT molecular complexity index is 495. The molecule has 0 amide bonds. The van der Waals surface area contributed by atoms with Crippen LogP contribution >= 0.6 is 0 Å². The van der Waals surface area contributed by atoms with E-state index in [1.807, 2.05) is 0 Å². The summed E-state index contributed by atoms with van der Waals surface area (Å²) >= 11 is 0. The molecular formula is C14H27N3O2S. The third-order valence-corrected chi connectivity index (χ3v) is 4.85. The fraction of sp³-hybridized carbons (Fsp3) is 0.714. The van der Waals surface area contributed by atoms with Crippen LogP contribution in [0.1, 0.15) is 51.1 Å². The van der Waals surface area contributed by atoms with Gasteiger partial charge in [0.05, 0.1) is 4.90 Å². The van der Waals surface area contributed by atoms with E-state index in [4.69, 9.17) is 5.73 Å². The van der Waals surface area contributed by atoms with Crippen molar-refractivity contribution < 1.29 is 8.42 Å². The number of nitrogens with two attached hydrogens (primary N) is 1. The Morgan fingerprint density at radius 2 is 1.85 bits per heavy atom. The topological polar surface area (TPSA) is 77.1 Å². The largest absolute Gasteiger partial charge is 0.352 e. The van der Waals surface area contributed by atoms with Gasteiger partial charge in [-0.1, -0.05) is 39.0 Å². The van der Waals surface area contributed by atoms with Gasteiger partial charge in [0.1, 0.15) is 0 Å². The number of rotatable bonds is 10. The summed E-state index contributed by atoms with van der Waals surface area (Å²) in [7, 11) is -1.60. The van der Waals surface area contributed by atoms with Gasteiger partial charge in [-0.25, -0.2) is 13.1 Å². The Morgan fingerprint density at radius 3 is 2.45 bits per heavy atom. The minimum atomic E-state index is -3.40. The maximum atomic E-state index is 12.1. The van der Waals surface area contributed by atoms with Gasteiger partial charge in [-0.05, 0) is 12.5 Å². The molecule has 0 bridgehead atoms. The highest BCUT2D eigenvalue weighted by Gasteiger charge is 2.16. The first-order chi connectivity index (χ1) is 9.51. The van der Waals surface area contributed by atoms with Crippen LogP contribution < -0.4 is 10.5 Å².